The molecule has 0 aliphatic carbocycles. The van der Waals surface area contributed by atoms with Crippen LogP contribution in [0.25, 0.3) is 10.9 Å². The van der Waals surface area contributed by atoms with E-state index in [1.807, 2.05) is 0 Å². The third-order valence-corrected chi connectivity index (χ3v) is 5.08. The zero-order valence-corrected chi connectivity index (χ0v) is 18.5. The van der Waals surface area contributed by atoms with Gasteiger partial charge in [0.2, 0.25) is 5.95 Å². The summed E-state index contributed by atoms with van der Waals surface area (Å²) in [5.41, 5.74) is -1.35. The SMILES string of the molecule is CC(C)(C)C(NC(=O)c1ccc2ccc(F)nc2c1OCc1ccc(C(F)(F)F)cc1)C(=O)O. The van der Waals surface area contributed by atoms with Crippen molar-refractivity contribution < 1.29 is 37.0 Å². The molecule has 1 heterocycles. The zero-order chi connectivity index (χ0) is 25.3. The number of ether oxygens (including phenoxy) is 1. The van der Waals surface area contributed by atoms with Crippen molar-refractivity contribution in [1.82, 2.24) is 10.3 Å². The van der Waals surface area contributed by atoms with Crippen LogP contribution in [0.2, 0.25) is 0 Å². The molecule has 1 atom stereocenters. The number of carbonyl (C=O) groups excluding carboxylic acids is 1. The summed E-state index contributed by atoms with van der Waals surface area (Å²) in [6.07, 6.45) is -4.49. The first-order valence-electron chi connectivity index (χ1n) is 10.2. The van der Waals surface area contributed by atoms with Crippen LogP contribution in [0.5, 0.6) is 5.75 Å². The lowest BCUT2D eigenvalue weighted by molar-refractivity contribution is -0.142. The van der Waals surface area contributed by atoms with E-state index >= 15 is 0 Å². The number of hydrogen-bond acceptors (Lipinski definition) is 4. The molecule has 0 radical (unpaired) electrons. The molecule has 2 N–H and O–H groups in total. The Morgan fingerprint density at radius 3 is 2.21 bits per heavy atom. The molecule has 1 aromatic heterocycles. The van der Waals surface area contributed by atoms with Crippen molar-refractivity contribution in [1.29, 1.82) is 0 Å². The van der Waals surface area contributed by atoms with Crippen molar-refractivity contribution in [3.8, 4) is 5.75 Å². The maximum Gasteiger partial charge on any atom is 0.416 e. The van der Waals surface area contributed by atoms with Crippen LogP contribution in [0.1, 0.15) is 42.3 Å². The molecule has 0 saturated carbocycles. The third-order valence-electron chi connectivity index (χ3n) is 5.08. The van der Waals surface area contributed by atoms with Gasteiger partial charge in [-0.2, -0.15) is 17.6 Å². The van der Waals surface area contributed by atoms with E-state index in [1.54, 1.807) is 20.8 Å². The van der Waals surface area contributed by atoms with Crippen LogP contribution in [0.3, 0.4) is 0 Å². The molecule has 1 amide bonds. The fraction of sp³-hybridized carbons (Fsp3) is 0.292. The minimum atomic E-state index is -4.49. The zero-order valence-electron chi connectivity index (χ0n) is 18.5. The quantitative estimate of drug-likeness (QED) is 0.376. The molecule has 0 fully saturated rings. The molecule has 1 unspecified atom stereocenters. The summed E-state index contributed by atoms with van der Waals surface area (Å²) in [5, 5.41) is 12.4. The summed E-state index contributed by atoms with van der Waals surface area (Å²) in [4.78, 5) is 28.5. The van der Waals surface area contributed by atoms with Gasteiger partial charge in [-0.05, 0) is 41.3 Å². The van der Waals surface area contributed by atoms with Gasteiger partial charge in [0, 0.05) is 5.39 Å². The molecule has 0 aliphatic heterocycles. The van der Waals surface area contributed by atoms with E-state index in [2.05, 4.69) is 10.3 Å². The number of amides is 1. The van der Waals surface area contributed by atoms with Gasteiger partial charge in [-0.25, -0.2) is 9.78 Å². The van der Waals surface area contributed by atoms with E-state index in [9.17, 15) is 32.3 Å². The highest BCUT2D eigenvalue weighted by atomic mass is 19.4. The van der Waals surface area contributed by atoms with Gasteiger partial charge in [-0.3, -0.25) is 4.79 Å². The molecular formula is C24H22F4N2O4. The average molecular weight is 478 g/mol. The molecule has 0 spiro atoms. The van der Waals surface area contributed by atoms with Gasteiger partial charge in [0.1, 0.15) is 18.2 Å². The van der Waals surface area contributed by atoms with Gasteiger partial charge in [0.15, 0.2) is 5.75 Å². The van der Waals surface area contributed by atoms with Crippen molar-refractivity contribution in [2.24, 2.45) is 5.41 Å². The van der Waals surface area contributed by atoms with E-state index in [0.717, 1.165) is 18.2 Å². The van der Waals surface area contributed by atoms with E-state index in [0.29, 0.717) is 10.9 Å². The lowest BCUT2D eigenvalue weighted by Gasteiger charge is -2.28. The van der Waals surface area contributed by atoms with E-state index < -0.39 is 41.0 Å². The number of rotatable bonds is 6. The molecule has 180 valence electrons. The summed E-state index contributed by atoms with van der Waals surface area (Å²) in [6, 6.07) is 8.46. The number of carbonyl (C=O) groups is 2. The van der Waals surface area contributed by atoms with Gasteiger partial charge in [-0.15, -0.1) is 0 Å². The minimum Gasteiger partial charge on any atom is -0.486 e. The van der Waals surface area contributed by atoms with Gasteiger partial charge in [0.05, 0.1) is 11.1 Å². The number of fused-ring (bicyclic) bond motifs is 1. The number of nitrogens with zero attached hydrogens (tertiary/aromatic N) is 1. The van der Waals surface area contributed by atoms with Crippen molar-refractivity contribution in [3.63, 3.8) is 0 Å². The number of pyridine rings is 1. The Hall–Kier alpha value is -3.69. The summed E-state index contributed by atoms with van der Waals surface area (Å²) in [5.74, 6) is -2.97. The molecule has 0 saturated heterocycles. The van der Waals surface area contributed by atoms with Crippen LogP contribution in [-0.4, -0.2) is 28.0 Å². The second kappa shape index (κ2) is 9.28. The highest BCUT2D eigenvalue weighted by molar-refractivity contribution is 6.04. The normalized spacial score (nSPS) is 12.9. The molecule has 3 rings (SSSR count). The van der Waals surface area contributed by atoms with Gasteiger partial charge < -0.3 is 15.2 Å². The fourth-order valence-electron chi connectivity index (χ4n) is 3.27. The molecule has 0 aliphatic rings. The van der Waals surface area contributed by atoms with Crippen molar-refractivity contribution in [3.05, 3.63) is 71.2 Å². The number of hydrogen-bond donors (Lipinski definition) is 2. The molecule has 6 nitrogen and oxygen atoms in total. The molecular weight excluding hydrogens is 456 g/mol. The van der Waals surface area contributed by atoms with Crippen LogP contribution in [0.4, 0.5) is 17.6 Å². The van der Waals surface area contributed by atoms with Gasteiger partial charge in [-0.1, -0.05) is 39.0 Å². The topological polar surface area (TPSA) is 88.5 Å². The molecule has 3 aromatic rings. The lowest BCUT2D eigenvalue weighted by atomic mass is 9.86. The second-order valence-corrected chi connectivity index (χ2v) is 8.74. The Bertz CT molecular complexity index is 1220. The highest BCUT2D eigenvalue weighted by Crippen LogP contribution is 2.32. The predicted octanol–water partition coefficient (Wildman–Crippen LogP) is 5.20. The number of nitrogens with one attached hydrogen (secondary N) is 1. The third kappa shape index (κ3) is 5.62. The Morgan fingerprint density at radius 1 is 1.03 bits per heavy atom. The Balaban J connectivity index is 1.98. The van der Waals surface area contributed by atoms with Gasteiger partial charge >= 0.3 is 12.1 Å². The van der Waals surface area contributed by atoms with Gasteiger partial charge in [0.25, 0.3) is 5.91 Å². The molecule has 34 heavy (non-hydrogen) atoms. The van der Waals surface area contributed by atoms with E-state index in [4.69, 9.17) is 4.74 Å². The number of alkyl halides is 3. The van der Waals surface area contributed by atoms with Crippen LogP contribution in [0, 0.1) is 11.4 Å². The van der Waals surface area contributed by atoms with Crippen molar-refractivity contribution in [2.75, 3.05) is 0 Å². The number of benzene rings is 2. The smallest absolute Gasteiger partial charge is 0.416 e. The molecule has 2 aromatic carbocycles. The maximum absolute atomic E-state index is 13.9. The Morgan fingerprint density at radius 2 is 1.65 bits per heavy atom. The maximum atomic E-state index is 13.9. The number of aromatic nitrogens is 1. The Labute approximate surface area is 192 Å². The number of carboxylic acid groups (broad SMARTS) is 1. The summed E-state index contributed by atoms with van der Waals surface area (Å²) < 4.78 is 58.1. The summed E-state index contributed by atoms with van der Waals surface area (Å²) in [7, 11) is 0. The summed E-state index contributed by atoms with van der Waals surface area (Å²) >= 11 is 0. The molecule has 0 bridgehead atoms. The van der Waals surface area contributed by atoms with Crippen molar-refractivity contribution in [2.45, 2.75) is 39.6 Å². The monoisotopic (exact) mass is 478 g/mol. The van der Waals surface area contributed by atoms with Crippen LogP contribution >= 0.6 is 0 Å². The number of carboxylic acids is 1. The van der Waals surface area contributed by atoms with Crippen LogP contribution < -0.4 is 10.1 Å². The highest BCUT2D eigenvalue weighted by Gasteiger charge is 2.34. The van der Waals surface area contributed by atoms with Crippen LogP contribution in [-0.2, 0) is 17.6 Å². The predicted molar refractivity (Wildman–Crippen MR) is 116 cm³/mol. The first-order valence-corrected chi connectivity index (χ1v) is 10.2. The van der Waals surface area contributed by atoms with Crippen LogP contribution in [0.15, 0.2) is 48.5 Å². The van der Waals surface area contributed by atoms with E-state index in [1.165, 1.54) is 30.3 Å². The van der Waals surface area contributed by atoms with Crippen molar-refractivity contribution >= 4 is 22.8 Å². The number of halogens is 4. The summed E-state index contributed by atoms with van der Waals surface area (Å²) in [6.45, 7) is 4.69. The van der Waals surface area contributed by atoms with E-state index in [-0.39, 0.29) is 23.4 Å². The standard InChI is InChI=1S/C24H22F4N2O4/c1-23(2,3)20(22(32)33)30-21(31)16-10-6-14-7-11-17(25)29-18(14)19(16)34-12-13-4-8-15(9-5-13)24(26,27)28/h4-11,20H,12H2,1-3H3,(H,30,31)(H,32,33). The molecule has 10 heteroatoms. The Kier molecular flexibility index (Phi) is 6.81. The second-order valence-electron chi connectivity index (χ2n) is 8.74. The number of aliphatic carboxylic acids is 1. The largest absolute Gasteiger partial charge is 0.486 e. The lowest BCUT2D eigenvalue weighted by Crippen LogP contribution is -2.49. The average Bonchev–Trinajstić information content (AvgIpc) is 2.74. The first-order chi connectivity index (χ1) is 15.8. The fourth-order valence-corrected chi connectivity index (χ4v) is 3.27. The minimum absolute atomic E-state index is 0.0159. The first kappa shape index (κ1) is 24.9.